The predicted octanol–water partition coefficient (Wildman–Crippen LogP) is 3.80. The molecule has 2 amide bonds. The molecule has 3 aromatic rings. The van der Waals surface area contributed by atoms with Crippen LogP contribution in [0.1, 0.15) is 5.56 Å². The number of hydrogen-bond acceptors (Lipinski definition) is 6. The van der Waals surface area contributed by atoms with Crippen molar-refractivity contribution >= 4 is 34.1 Å². The highest BCUT2D eigenvalue weighted by molar-refractivity contribution is 6.01. The van der Waals surface area contributed by atoms with Crippen LogP contribution < -0.4 is 25.0 Å². The van der Waals surface area contributed by atoms with Crippen LogP contribution in [0.15, 0.2) is 42.5 Å². The maximum atomic E-state index is 12.5. The van der Waals surface area contributed by atoms with E-state index in [4.69, 9.17) is 19.2 Å². The molecule has 2 aromatic carbocycles. The summed E-state index contributed by atoms with van der Waals surface area (Å²) in [5, 5.41) is 6.74. The van der Waals surface area contributed by atoms with Crippen molar-refractivity contribution in [3.8, 4) is 11.5 Å². The third-order valence-electron chi connectivity index (χ3n) is 5.39. The van der Waals surface area contributed by atoms with E-state index in [2.05, 4.69) is 28.5 Å². The van der Waals surface area contributed by atoms with Crippen LogP contribution in [0, 0.1) is 6.92 Å². The van der Waals surface area contributed by atoms with E-state index < -0.39 is 0 Å². The van der Waals surface area contributed by atoms with E-state index in [9.17, 15) is 4.79 Å². The Morgan fingerprint density at radius 1 is 0.903 bits per heavy atom. The van der Waals surface area contributed by atoms with Gasteiger partial charge in [-0.05, 0) is 48.9 Å². The number of hydrogen-bond donors (Lipinski definition) is 2. The van der Waals surface area contributed by atoms with Crippen LogP contribution in [0.5, 0.6) is 11.5 Å². The highest BCUT2D eigenvalue weighted by atomic mass is 16.6. The second-order valence-corrected chi connectivity index (χ2v) is 7.57. The molecule has 1 fully saturated rings. The van der Waals surface area contributed by atoms with Crippen LogP contribution in [0.4, 0.5) is 22.0 Å². The summed E-state index contributed by atoms with van der Waals surface area (Å²) in [7, 11) is 0. The fourth-order valence-electron chi connectivity index (χ4n) is 3.82. The van der Waals surface area contributed by atoms with E-state index in [0.717, 1.165) is 48.6 Å². The molecule has 0 radical (unpaired) electrons. The first kappa shape index (κ1) is 19.4. The lowest BCUT2D eigenvalue weighted by molar-refractivity contribution is 0.122. The van der Waals surface area contributed by atoms with Crippen molar-refractivity contribution in [1.29, 1.82) is 0 Å². The third kappa shape index (κ3) is 4.20. The van der Waals surface area contributed by atoms with E-state index in [1.807, 2.05) is 18.2 Å². The number of aryl methyl sites for hydroxylation is 1. The van der Waals surface area contributed by atoms with Gasteiger partial charge in [-0.3, -0.25) is 0 Å². The predicted molar refractivity (Wildman–Crippen MR) is 120 cm³/mol. The Kier molecular flexibility index (Phi) is 5.21. The number of morpholine rings is 1. The molecule has 0 aliphatic carbocycles. The quantitative estimate of drug-likeness (QED) is 0.671. The second-order valence-electron chi connectivity index (χ2n) is 7.57. The van der Waals surface area contributed by atoms with Gasteiger partial charge in [-0.25, -0.2) is 9.78 Å². The Morgan fingerprint density at radius 3 is 2.42 bits per heavy atom. The summed E-state index contributed by atoms with van der Waals surface area (Å²) in [5.41, 5.74) is 3.35. The van der Waals surface area contributed by atoms with Crippen LogP contribution in [-0.4, -0.2) is 50.5 Å². The van der Waals surface area contributed by atoms with Crippen molar-refractivity contribution in [1.82, 2.24) is 4.98 Å². The van der Waals surface area contributed by atoms with Crippen molar-refractivity contribution in [3.05, 3.63) is 48.0 Å². The molecule has 31 heavy (non-hydrogen) atoms. The highest BCUT2D eigenvalue weighted by Crippen LogP contribution is 2.32. The molecule has 160 valence electrons. The Balaban J connectivity index is 1.31. The lowest BCUT2D eigenvalue weighted by Gasteiger charge is -2.28. The van der Waals surface area contributed by atoms with Gasteiger partial charge in [0.05, 0.1) is 18.7 Å². The standard InChI is InChI=1S/C23H24N4O4/c1-15-12-22(27-6-8-29-9-7-27)26-19-4-2-16(13-18(15)19)24-23(28)25-17-3-5-20-21(14-17)31-11-10-30-20/h2-5,12-14H,6-11H2,1H3,(H2,24,25,28). The van der Waals surface area contributed by atoms with Gasteiger partial charge in [0, 0.05) is 35.9 Å². The fourth-order valence-corrected chi connectivity index (χ4v) is 3.82. The zero-order valence-electron chi connectivity index (χ0n) is 17.3. The summed E-state index contributed by atoms with van der Waals surface area (Å²) >= 11 is 0. The number of carbonyl (C=O) groups is 1. The van der Waals surface area contributed by atoms with Gasteiger partial charge in [0.15, 0.2) is 11.5 Å². The second kappa shape index (κ2) is 8.31. The molecule has 0 bridgehead atoms. The van der Waals surface area contributed by atoms with Crippen LogP contribution in [0.2, 0.25) is 0 Å². The van der Waals surface area contributed by atoms with Gasteiger partial charge in [-0.2, -0.15) is 0 Å². The zero-order chi connectivity index (χ0) is 21.2. The number of nitrogens with one attached hydrogen (secondary N) is 2. The van der Waals surface area contributed by atoms with E-state index in [-0.39, 0.29) is 6.03 Å². The largest absolute Gasteiger partial charge is 0.486 e. The summed E-state index contributed by atoms with van der Waals surface area (Å²) in [4.78, 5) is 19.5. The normalized spacial score (nSPS) is 15.6. The van der Waals surface area contributed by atoms with Gasteiger partial charge >= 0.3 is 6.03 Å². The highest BCUT2D eigenvalue weighted by Gasteiger charge is 2.15. The smallest absolute Gasteiger partial charge is 0.323 e. The summed E-state index contributed by atoms with van der Waals surface area (Å²) in [6.45, 7) is 6.23. The van der Waals surface area contributed by atoms with Crippen LogP contribution in [-0.2, 0) is 4.74 Å². The van der Waals surface area contributed by atoms with E-state index in [1.165, 1.54) is 0 Å². The van der Waals surface area contributed by atoms with Crippen molar-refractivity contribution in [2.45, 2.75) is 6.92 Å². The molecular weight excluding hydrogens is 396 g/mol. The van der Waals surface area contributed by atoms with Crippen molar-refractivity contribution in [2.24, 2.45) is 0 Å². The minimum atomic E-state index is -0.327. The molecular formula is C23H24N4O4. The molecule has 8 nitrogen and oxygen atoms in total. The number of nitrogens with zero attached hydrogens (tertiary/aromatic N) is 2. The fraction of sp³-hybridized carbons (Fsp3) is 0.304. The topological polar surface area (TPSA) is 85.0 Å². The lowest BCUT2D eigenvalue weighted by Crippen LogP contribution is -2.36. The molecule has 2 N–H and O–H groups in total. The van der Waals surface area contributed by atoms with Crippen molar-refractivity contribution < 1.29 is 19.0 Å². The van der Waals surface area contributed by atoms with Crippen molar-refractivity contribution in [3.63, 3.8) is 0 Å². The van der Waals surface area contributed by atoms with E-state index >= 15 is 0 Å². The van der Waals surface area contributed by atoms with E-state index in [0.29, 0.717) is 36.1 Å². The minimum absolute atomic E-state index is 0.327. The number of fused-ring (bicyclic) bond motifs is 2. The summed E-state index contributed by atoms with van der Waals surface area (Å²) in [6.07, 6.45) is 0. The Labute approximate surface area is 180 Å². The molecule has 0 spiro atoms. The molecule has 3 heterocycles. The van der Waals surface area contributed by atoms with Gasteiger partial charge in [-0.15, -0.1) is 0 Å². The SMILES string of the molecule is Cc1cc(N2CCOCC2)nc2ccc(NC(=O)Nc3ccc4c(c3)OCCO4)cc12. The molecule has 0 atom stereocenters. The van der Waals surface area contributed by atoms with Gasteiger partial charge in [0.1, 0.15) is 19.0 Å². The summed E-state index contributed by atoms with van der Waals surface area (Å²) in [6, 6.07) is 12.8. The maximum absolute atomic E-state index is 12.5. The molecule has 8 heteroatoms. The lowest BCUT2D eigenvalue weighted by atomic mass is 10.1. The zero-order valence-corrected chi connectivity index (χ0v) is 17.3. The number of rotatable bonds is 3. The van der Waals surface area contributed by atoms with Gasteiger partial charge in [0.25, 0.3) is 0 Å². The molecule has 2 aliphatic heterocycles. The van der Waals surface area contributed by atoms with Crippen molar-refractivity contribution in [2.75, 3.05) is 55.1 Å². The Morgan fingerprint density at radius 2 is 1.61 bits per heavy atom. The number of aromatic nitrogens is 1. The number of urea groups is 1. The first-order valence-corrected chi connectivity index (χ1v) is 10.4. The van der Waals surface area contributed by atoms with Crippen LogP contribution >= 0.6 is 0 Å². The molecule has 1 saturated heterocycles. The number of anilines is 3. The molecule has 1 aromatic heterocycles. The monoisotopic (exact) mass is 420 g/mol. The molecule has 0 unspecified atom stereocenters. The van der Waals surface area contributed by atoms with Gasteiger partial charge < -0.3 is 29.7 Å². The third-order valence-corrected chi connectivity index (χ3v) is 5.39. The van der Waals surface area contributed by atoms with Gasteiger partial charge in [0.2, 0.25) is 0 Å². The van der Waals surface area contributed by atoms with E-state index in [1.54, 1.807) is 18.2 Å². The Bertz CT molecular complexity index is 1130. The average molecular weight is 420 g/mol. The number of ether oxygens (including phenoxy) is 3. The van der Waals surface area contributed by atoms with Crippen LogP contribution in [0.3, 0.4) is 0 Å². The number of amides is 2. The summed E-state index contributed by atoms with van der Waals surface area (Å²) in [5.74, 6) is 2.28. The van der Waals surface area contributed by atoms with Crippen LogP contribution in [0.25, 0.3) is 10.9 Å². The number of carbonyl (C=O) groups excluding carboxylic acids is 1. The number of benzene rings is 2. The van der Waals surface area contributed by atoms with Gasteiger partial charge in [-0.1, -0.05) is 0 Å². The molecule has 2 aliphatic rings. The first-order chi connectivity index (χ1) is 15.2. The number of pyridine rings is 1. The summed E-state index contributed by atoms with van der Waals surface area (Å²) < 4.78 is 16.5. The molecule has 5 rings (SSSR count). The first-order valence-electron chi connectivity index (χ1n) is 10.4. The Hall–Kier alpha value is -3.52. The molecule has 0 saturated carbocycles. The average Bonchev–Trinajstić information content (AvgIpc) is 2.80. The minimum Gasteiger partial charge on any atom is -0.486 e. The maximum Gasteiger partial charge on any atom is 0.323 e.